The van der Waals surface area contributed by atoms with E-state index in [4.69, 9.17) is 9.84 Å². The van der Waals surface area contributed by atoms with Crippen LogP contribution in [0.4, 0.5) is 0 Å². The number of nitrogens with zero attached hydrogens (tertiary/aromatic N) is 3. The highest BCUT2D eigenvalue weighted by atomic mass is 16.5. The number of piperidine rings is 1. The third-order valence-electron chi connectivity index (χ3n) is 4.74. The van der Waals surface area contributed by atoms with Crippen molar-refractivity contribution in [3.63, 3.8) is 0 Å². The number of carbonyl (C=O) groups excluding carboxylic acids is 1. The Morgan fingerprint density at radius 2 is 2.12 bits per heavy atom. The molecule has 24 heavy (non-hydrogen) atoms. The van der Waals surface area contributed by atoms with E-state index in [2.05, 4.69) is 4.98 Å². The molecular formula is C18H25N3O3. The first kappa shape index (κ1) is 16.9. The summed E-state index contributed by atoms with van der Waals surface area (Å²) < 4.78 is 7.75. The van der Waals surface area contributed by atoms with E-state index in [0.29, 0.717) is 31.7 Å². The number of hydrogen-bond acceptors (Lipinski definition) is 4. The van der Waals surface area contributed by atoms with Gasteiger partial charge in [0, 0.05) is 38.9 Å². The van der Waals surface area contributed by atoms with Gasteiger partial charge in [-0.1, -0.05) is 0 Å². The van der Waals surface area contributed by atoms with Gasteiger partial charge < -0.3 is 19.3 Å². The Morgan fingerprint density at radius 1 is 1.38 bits per heavy atom. The highest BCUT2D eigenvalue weighted by Gasteiger charge is 2.24. The van der Waals surface area contributed by atoms with E-state index in [0.717, 1.165) is 29.7 Å². The normalized spacial score (nSPS) is 16.0. The number of rotatable bonds is 5. The number of amides is 1. The first-order valence-electron chi connectivity index (χ1n) is 8.55. The molecular weight excluding hydrogens is 306 g/mol. The molecule has 0 atom stereocenters. The Hall–Kier alpha value is -1.92. The van der Waals surface area contributed by atoms with Gasteiger partial charge in [-0.15, -0.1) is 0 Å². The molecule has 0 aliphatic carbocycles. The fraction of sp³-hybridized carbons (Fsp3) is 0.556. The number of ether oxygens (including phenoxy) is 1. The van der Waals surface area contributed by atoms with Crippen LogP contribution in [0, 0.1) is 6.92 Å². The number of carbonyl (C=O) groups is 1. The number of fused-ring (bicyclic) bond motifs is 1. The van der Waals surface area contributed by atoms with E-state index in [1.165, 1.54) is 0 Å². The van der Waals surface area contributed by atoms with Gasteiger partial charge in [0.25, 0.3) is 5.91 Å². The van der Waals surface area contributed by atoms with Crippen molar-refractivity contribution in [1.82, 2.24) is 14.5 Å². The molecule has 1 amide bonds. The molecule has 1 aromatic heterocycles. The van der Waals surface area contributed by atoms with Gasteiger partial charge in [-0.25, -0.2) is 4.98 Å². The summed E-state index contributed by atoms with van der Waals surface area (Å²) in [7, 11) is 1.98. The standard InChI is InChI=1S/C18H25N3O3/c1-13-19-16-12-14(4-5-17(16)20(13)2)18(23)21-8-6-15(7-9-21)24-11-3-10-22/h4-5,12,15,22H,3,6-11H2,1-2H3. The maximum absolute atomic E-state index is 12.7. The fourth-order valence-electron chi connectivity index (χ4n) is 3.18. The number of benzene rings is 1. The summed E-state index contributed by atoms with van der Waals surface area (Å²) in [5.74, 6) is 1.00. The van der Waals surface area contributed by atoms with Crippen molar-refractivity contribution in [3.05, 3.63) is 29.6 Å². The number of hydrogen-bond donors (Lipinski definition) is 1. The number of aliphatic hydroxyl groups excluding tert-OH is 1. The van der Waals surface area contributed by atoms with Crippen LogP contribution in [0.3, 0.4) is 0 Å². The fourth-order valence-corrected chi connectivity index (χ4v) is 3.18. The number of aliphatic hydroxyl groups is 1. The Kier molecular flexibility index (Phi) is 5.16. The van der Waals surface area contributed by atoms with Crippen LogP contribution in [0.5, 0.6) is 0 Å². The quantitative estimate of drug-likeness (QED) is 0.850. The molecule has 2 aromatic rings. The lowest BCUT2D eigenvalue weighted by Gasteiger charge is -2.32. The molecule has 6 nitrogen and oxygen atoms in total. The zero-order valence-corrected chi connectivity index (χ0v) is 14.4. The summed E-state index contributed by atoms with van der Waals surface area (Å²) in [6.07, 6.45) is 2.56. The second kappa shape index (κ2) is 7.32. The van der Waals surface area contributed by atoms with Crippen LogP contribution in [-0.2, 0) is 11.8 Å². The second-order valence-corrected chi connectivity index (χ2v) is 6.36. The summed E-state index contributed by atoms with van der Waals surface area (Å²) >= 11 is 0. The van der Waals surface area contributed by atoms with Crippen LogP contribution in [-0.4, -0.2) is 57.9 Å². The predicted octanol–water partition coefficient (Wildman–Crippen LogP) is 1.89. The van der Waals surface area contributed by atoms with E-state index in [1.807, 2.05) is 41.6 Å². The van der Waals surface area contributed by atoms with Crippen molar-refractivity contribution in [3.8, 4) is 0 Å². The molecule has 1 saturated heterocycles. The number of aromatic nitrogens is 2. The Bertz CT molecular complexity index is 718. The van der Waals surface area contributed by atoms with Gasteiger partial charge in [-0.3, -0.25) is 4.79 Å². The van der Waals surface area contributed by atoms with Gasteiger partial charge in [-0.2, -0.15) is 0 Å². The SMILES string of the molecule is Cc1nc2cc(C(=O)N3CCC(OCCCO)CC3)ccc2n1C. The smallest absolute Gasteiger partial charge is 0.253 e. The van der Waals surface area contributed by atoms with Crippen molar-refractivity contribution in [2.75, 3.05) is 26.3 Å². The molecule has 2 heterocycles. The minimum Gasteiger partial charge on any atom is -0.396 e. The first-order valence-corrected chi connectivity index (χ1v) is 8.55. The summed E-state index contributed by atoms with van der Waals surface area (Å²) in [5, 5.41) is 8.79. The molecule has 0 saturated carbocycles. The first-order chi connectivity index (χ1) is 11.6. The van der Waals surface area contributed by atoms with Crippen molar-refractivity contribution in [2.24, 2.45) is 7.05 Å². The van der Waals surface area contributed by atoms with Gasteiger partial charge >= 0.3 is 0 Å². The number of aryl methyl sites for hydroxylation is 2. The second-order valence-electron chi connectivity index (χ2n) is 6.36. The summed E-state index contributed by atoms with van der Waals surface area (Å²) in [6, 6.07) is 5.73. The highest BCUT2D eigenvalue weighted by Crippen LogP contribution is 2.20. The third-order valence-corrected chi connectivity index (χ3v) is 4.74. The van der Waals surface area contributed by atoms with E-state index in [-0.39, 0.29) is 18.6 Å². The van der Waals surface area contributed by atoms with Crippen molar-refractivity contribution in [1.29, 1.82) is 0 Å². The lowest BCUT2D eigenvalue weighted by Crippen LogP contribution is -2.41. The van der Waals surface area contributed by atoms with E-state index < -0.39 is 0 Å². The zero-order valence-electron chi connectivity index (χ0n) is 14.4. The van der Waals surface area contributed by atoms with Gasteiger partial charge in [0.1, 0.15) is 5.82 Å². The number of imidazole rings is 1. The Morgan fingerprint density at radius 3 is 2.83 bits per heavy atom. The van der Waals surface area contributed by atoms with Crippen molar-refractivity contribution >= 4 is 16.9 Å². The summed E-state index contributed by atoms with van der Waals surface area (Å²) in [6.45, 7) is 4.13. The van der Waals surface area contributed by atoms with Crippen molar-refractivity contribution < 1.29 is 14.6 Å². The molecule has 130 valence electrons. The van der Waals surface area contributed by atoms with Crippen LogP contribution in [0.1, 0.15) is 35.4 Å². The van der Waals surface area contributed by atoms with E-state index in [9.17, 15) is 4.79 Å². The highest BCUT2D eigenvalue weighted by molar-refractivity contribution is 5.97. The molecule has 3 rings (SSSR count). The van der Waals surface area contributed by atoms with Gasteiger partial charge in [-0.05, 0) is 44.4 Å². The summed E-state index contributed by atoms with van der Waals surface area (Å²) in [4.78, 5) is 19.1. The Balaban J connectivity index is 1.63. The van der Waals surface area contributed by atoms with Crippen LogP contribution in [0.15, 0.2) is 18.2 Å². The van der Waals surface area contributed by atoms with Gasteiger partial charge in [0.15, 0.2) is 0 Å². The molecule has 0 unspecified atom stereocenters. The average molecular weight is 331 g/mol. The number of likely N-dealkylation sites (tertiary alicyclic amines) is 1. The molecule has 0 spiro atoms. The molecule has 0 radical (unpaired) electrons. The van der Waals surface area contributed by atoms with Crippen molar-refractivity contribution in [2.45, 2.75) is 32.3 Å². The molecule has 0 bridgehead atoms. The minimum atomic E-state index is 0.0639. The van der Waals surface area contributed by atoms with Crippen LogP contribution >= 0.6 is 0 Å². The molecule has 1 aliphatic heterocycles. The maximum atomic E-state index is 12.7. The van der Waals surface area contributed by atoms with Gasteiger partial charge in [0.2, 0.25) is 0 Å². The zero-order chi connectivity index (χ0) is 17.1. The molecule has 1 aliphatic rings. The third kappa shape index (κ3) is 3.44. The maximum Gasteiger partial charge on any atom is 0.253 e. The monoisotopic (exact) mass is 331 g/mol. The summed E-state index contributed by atoms with van der Waals surface area (Å²) in [5.41, 5.74) is 2.60. The lowest BCUT2D eigenvalue weighted by molar-refractivity contribution is 0.00398. The Labute approximate surface area is 142 Å². The van der Waals surface area contributed by atoms with Crippen LogP contribution in [0.25, 0.3) is 11.0 Å². The van der Waals surface area contributed by atoms with E-state index >= 15 is 0 Å². The topological polar surface area (TPSA) is 67.6 Å². The molecule has 1 fully saturated rings. The lowest BCUT2D eigenvalue weighted by atomic mass is 10.1. The molecule has 1 N–H and O–H groups in total. The molecule has 6 heteroatoms. The average Bonchev–Trinajstić information content (AvgIpc) is 2.89. The van der Waals surface area contributed by atoms with Crippen LogP contribution < -0.4 is 0 Å². The van der Waals surface area contributed by atoms with E-state index in [1.54, 1.807) is 0 Å². The predicted molar refractivity (Wildman–Crippen MR) is 92.0 cm³/mol. The molecule has 1 aromatic carbocycles. The minimum absolute atomic E-state index is 0.0639. The van der Waals surface area contributed by atoms with Gasteiger partial charge in [0.05, 0.1) is 17.1 Å². The largest absolute Gasteiger partial charge is 0.396 e. The van der Waals surface area contributed by atoms with Crippen LogP contribution in [0.2, 0.25) is 0 Å².